The SMILES string of the molecule is Cc1ccn(-c2ccc(NCCC(C)(O)c3ccccc3)nn2)n1. The van der Waals surface area contributed by atoms with Crippen molar-refractivity contribution in [2.45, 2.75) is 25.9 Å². The van der Waals surface area contributed by atoms with Crippen molar-refractivity contribution in [3.8, 4) is 5.82 Å². The Kier molecular flexibility index (Phi) is 4.57. The van der Waals surface area contributed by atoms with Crippen molar-refractivity contribution in [3.05, 3.63) is 66.0 Å². The van der Waals surface area contributed by atoms with Crippen molar-refractivity contribution < 1.29 is 5.11 Å². The van der Waals surface area contributed by atoms with Gasteiger partial charge in [0.05, 0.1) is 11.3 Å². The van der Waals surface area contributed by atoms with E-state index in [0.717, 1.165) is 11.3 Å². The summed E-state index contributed by atoms with van der Waals surface area (Å²) >= 11 is 0. The van der Waals surface area contributed by atoms with Crippen LogP contribution in [0.4, 0.5) is 5.82 Å². The molecule has 0 bridgehead atoms. The van der Waals surface area contributed by atoms with E-state index in [1.54, 1.807) is 4.68 Å². The lowest BCUT2D eigenvalue weighted by Crippen LogP contribution is -2.24. The minimum absolute atomic E-state index is 0.568. The largest absolute Gasteiger partial charge is 0.385 e. The molecule has 2 N–H and O–H groups in total. The van der Waals surface area contributed by atoms with Crippen LogP contribution in [0.5, 0.6) is 0 Å². The van der Waals surface area contributed by atoms with E-state index in [9.17, 15) is 5.11 Å². The number of nitrogens with zero attached hydrogens (tertiary/aromatic N) is 4. The first-order valence-corrected chi connectivity index (χ1v) is 7.93. The summed E-state index contributed by atoms with van der Waals surface area (Å²) in [5.74, 6) is 1.34. The number of aryl methyl sites for hydroxylation is 1. The summed E-state index contributed by atoms with van der Waals surface area (Å²) < 4.78 is 1.69. The molecule has 0 radical (unpaired) electrons. The van der Waals surface area contributed by atoms with E-state index in [0.29, 0.717) is 24.6 Å². The molecule has 1 unspecified atom stereocenters. The van der Waals surface area contributed by atoms with Gasteiger partial charge in [0.25, 0.3) is 0 Å². The summed E-state index contributed by atoms with van der Waals surface area (Å²) in [7, 11) is 0. The van der Waals surface area contributed by atoms with Gasteiger partial charge < -0.3 is 10.4 Å². The van der Waals surface area contributed by atoms with Gasteiger partial charge >= 0.3 is 0 Å². The quantitative estimate of drug-likeness (QED) is 0.729. The second-order valence-corrected chi connectivity index (χ2v) is 6.00. The lowest BCUT2D eigenvalue weighted by Gasteiger charge is -2.24. The van der Waals surface area contributed by atoms with Gasteiger partial charge in [-0.05, 0) is 44.0 Å². The molecule has 124 valence electrons. The zero-order valence-corrected chi connectivity index (χ0v) is 13.8. The summed E-state index contributed by atoms with van der Waals surface area (Å²) in [6.07, 6.45) is 2.42. The van der Waals surface area contributed by atoms with E-state index in [4.69, 9.17) is 0 Å². The second kappa shape index (κ2) is 6.80. The molecule has 0 amide bonds. The fraction of sp³-hybridized carbons (Fsp3) is 0.278. The molecule has 24 heavy (non-hydrogen) atoms. The van der Waals surface area contributed by atoms with Gasteiger partial charge in [-0.1, -0.05) is 30.3 Å². The van der Waals surface area contributed by atoms with Crippen LogP contribution in [0, 0.1) is 6.92 Å². The zero-order chi connectivity index (χ0) is 17.0. The molecule has 0 spiro atoms. The monoisotopic (exact) mass is 323 g/mol. The summed E-state index contributed by atoms with van der Waals surface area (Å²) in [5.41, 5.74) is 0.957. The molecule has 0 aliphatic rings. The van der Waals surface area contributed by atoms with E-state index in [2.05, 4.69) is 20.6 Å². The molecule has 0 fully saturated rings. The number of anilines is 1. The lowest BCUT2D eigenvalue weighted by molar-refractivity contribution is 0.0515. The third-order valence-electron chi connectivity index (χ3n) is 3.92. The number of benzene rings is 1. The number of hydrogen-bond donors (Lipinski definition) is 2. The van der Waals surface area contributed by atoms with Gasteiger partial charge in [0.15, 0.2) is 5.82 Å². The first-order chi connectivity index (χ1) is 11.5. The van der Waals surface area contributed by atoms with Gasteiger partial charge in [0.1, 0.15) is 5.82 Å². The van der Waals surface area contributed by atoms with Crippen LogP contribution >= 0.6 is 0 Å². The van der Waals surface area contributed by atoms with E-state index in [1.165, 1.54) is 0 Å². The smallest absolute Gasteiger partial charge is 0.175 e. The number of aliphatic hydroxyl groups is 1. The molecule has 3 aromatic rings. The summed E-state index contributed by atoms with van der Waals surface area (Å²) in [6, 6.07) is 15.3. The van der Waals surface area contributed by atoms with Crippen LogP contribution in [0.1, 0.15) is 24.6 Å². The van der Waals surface area contributed by atoms with E-state index in [-0.39, 0.29) is 0 Å². The molecular weight excluding hydrogens is 302 g/mol. The normalized spacial score (nSPS) is 13.5. The Bertz CT molecular complexity index is 781. The molecule has 1 atom stereocenters. The Morgan fingerprint density at radius 3 is 2.50 bits per heavy atom. The number of nitrogens with one attached hydrogen (secondary N) is 1. The van der Waals surface area contributed by atoms with Crippen molar-refractivity contribution >= 4 is 5.82 Å². The van der Waals surface area contributed by atoms with Crippen molar-refractivity contribution in [2.75, 3.05) is 11.9 Å². The van der Waals surface area contributed by atoms with Gasteiger partial charge in [-0.15, -0.1) is 10.2 Å². The van der Waals surface area contributed by atoms with Crippen molar-refractivity contribution in [3.63, 3.8) is 0 Å². The number of rotatable bonds is 6. The first-order valence-electron chi connectivity index (χ1n) is 7.93. The number of aromatic nitrogens is 4. The third kappa shape index (κ3) is 3.78. The van der Waals surface area contributed by atoms with E-state index in [1.807, 2.05) is 68.6 Å². The van der Waals surface area contributed by atoms with E-state index < -0.39 is 5.60 Å². The van der Waals surface area contributed by atoms with Crippen molar-refractivity contribution in [2.24, 2.45) is 0 Å². The highest BCUT2D eigenvalue weighted by atomic mass is 16.3. The Hall–Kier alpha value is -2.73. The highest BCUT2D eigenvalue weighted by Crippen LogP contribution is 2.23. The standard InChI is InChI=1S/C18H21N5O/c1-14-10-13-23(22-14)17-9-8-16(20-21-17)19-12-11-18(2,24)15-6-4-3-5-7-15/h3-10,13,24H,11-12H2,1-2H3,(H,19,20). The van der Waals surface area contributed by atoms with Crippen LogP contribution in [-0.2, 0) is 5.60 Å². The highest BCUT2D eigenvalue weighted by Gasteiger charge is 2.22. The van der Waals surface area contributed by atoms with Crippen LogP contribution in [0.3, 0.4) is 0 Å². The molecule has 6 heteroatoms. The molecule has 1 aromatic carbocycles. The molecule has 0 saturated heterocycles. The minimum Gasteiger partial charge on any atom is -0.385 e. The Morgan fingerprint density at radius 1 is 1.08 bits per heavy atom. The lowest BCUT2D eigenvalue weighted by atomic mass is 9.93. The molecule has 0 saturated carbocycles. The van der Waals surface area contributed by atoms with Gasteiger partial charge in [0.2, 0.25) is 0 Å². The fourth-order valence-corrected chi connectivity index (χ4v) is 2.46. The minimum atomic E-state index is -0.881. The maximum absolute atomic E-state index is 10.6. The van der Waals surface area contributed by atoms with Crippen LogP contribution in [-0.4, -0.2) is 31.6 Å². The maximum Gasteiger partial charge on any atom is 0.175 e. The van der Waals surface area contributed by atoms with Crippen molar-refractivity contribution in [1.29, 1.82) is 0 Å². The predicted molar refractivity (Wildman–Crippen MR) is 93.0 cm³/mol. The van der Waals surface area contributed by atoms with Crippen LogP contribution < -0.4 is 5.32 Å². The topological polar surface area (TPSA) is 75.9 Å². The first kappa shape index (κ1) is 16.1. The summed E-state index contributed by atoms with van der Waals surface area (Å²) in [6.45, 7) is 4.34. The van der Waals surface area contributed by atoms with Crippen molar-refractivity contribution in [1.82, 2.24) is 20.0 Å². The van der Waals surface area contributed by atoms with E-state index >= 15 is 0 Å². The predicted octanol–water partition coefficient (Wildman–Crippen LogP) is 2.68. The average molecular weight is 323 g/mol. The Balaban J connectivity index is 1.57. The number of hydrogen-bond acceptors (Lipinski definition) is 5. The molecule has 6 nitrogen and oxygen atoms in total. The van der Waals surface area contributed by atoms with Crippen LogP contribution in [0.25, 0.3) is 5.82 Å². The maximum atomic E-state index is 10.6. The second-order valence-electron chi connectivity index (χ2n) is 6.00. The third-order valence-corrected chi connectivity index (χ3v) is 3.92. The Morgan fingerprint density at radius 2 is 1.88 bits per heavy atom. The molecule has 2 heterocycles. The Labute approximate surface area is 141 Å². The highest BCUT2D eigenvalue weighted by molar-refractivity contribution is 5.36. The van der Waals surface area contributed by atoms with Gasteiger partial charge in [0, 0.05) is 12.7 Å². The average Bonchev–Trinajstić information content (AvgIpc) is 3.03. The molecule has 0 aliphatic heterocycles. The molecular formula is C18H21N5O. The molecule has 3 rings (SSSR count). The zero-order valence-electron chi connectivity index (χ0n) is 13.8. The molecule has 2 aromatic heterocycles. The summed E-state index contributed by atoms with van der Waals surface area (Å²) in [4.78, 5) is 0. The van der Waals surface area contributed by atoms with Gasteiger partial charge in [-0.3, -0.25) is 0 Å². The van der Waals surface area contributed by atoms with Crippen LogP contribution in [0.15, 0.2) is 54.7 Å². The summed E-state index contributed by atoms with van der Waals surface area (Å²) in [5, 5.41) is 26.4. The van der Waals surface area contributed by atoms with Gasteiger partial charge in [-0.25, -0.2) is 4.68 Å². The fourth-order valence-electron chi connectivity index (χ4n) is 2.46. The van der Waals surface area contributed by atoms with Gasteiger partial charge in [-0.2, -0.15) is 5.10 Å². The van der Waals surface area contributed by atoms with Crippen LogP contribution in [0.2, 0.25) is 0 Å². The molecule has 0 aliphatic carbocycles.